The van der Waals surface area contributed by atoms with E-state index in [9.17, 15) is 10.1 Å². The number of nitrogens with one attached hydrogen (secondary N) is 2. The molecule has 34 heavy (non-hydrogen) atoms. The van der Waals surface area contributed by atoms with Crippen molar-refractivity contribution in [2.75, 3.05) is 16.4 Å². The first-order valence-electron chi connectivity index (χ1n) is 10.5. The van der Waals surface area contributed by atoms with Crippen molar-refractivity contribution >= 4 is 28.9 Å². The number of carbonyl (C=O) groups is 1. The van der Waals surface area contributed by atoms with E-state index in [0.29, 0.717) is 34.4 Å². The maximum atomic E-state index is 12.9. The van der Waals surface area contributed by atoms with Gasteiger partial charge in [0.1, 0.15) is 18.0 Å². The van der Waals surface area contributed by atoms with Crippen molar-refractivity contribution in [3.05, 3.63) is 78.0 Å². The number of hydrogen-bond acceptors (Lipinski definition) is 8. The Balaban J connectivity index is 1.57. The third-order valence-corrected chi connectivity index (χ3v) is 5.23. The highest BCUT2D eigenvalue weighted by Crippen LogP contribution is 2.26. The highest BCUT2D eigenvalue weighted by molar-refractivity contribution is 6.04. The van der Waals surface area contributed by atoms with Gasteiger partial charge in [-0.2, -0.15) is 15.0 Å². The van der Waals surface area contributed by atoms with Crippen LogP contribution in [0.1, 0.15) is 35.5 Å². The Bertz CT molecular complexity index is 1400. The number of nitriles is 1. The summed E-state index contributed by atoms with van der Waals surface area (Å²) in [5.74, 6) is 1.23. The molecule has 0 atom stereocenters. The van der Waals surface area contributed by atoms with Gasteiger partial charge in [0.2, 0.25) is 0 Å². The molecule has 0 saturated carbocycles. The third kappa shape index (κ3) is 4.68. The van der Waals surface area contributed by atoms with Crippen LogP contribution in [-0.2, 0) is 5.41 Å². The molecule has 0 bridgehead atoms. The topological polar surface area (TPSA) is 147 Å². The number of nitrogen functional groups attached to an aromatic ring is 1. The second-order valence-electron chi connectivity index (χ2n) is 8.20. The predicted molar refractivity (Wildman–Crippen MR) is 129 cm³/mol. The fourth-order valence-electron chi connectivity index (χ4n) is 3.20. The number of rotatable bonds is 6. The number of nitrogens with zero attached hydrogens (tertiary/aromatic N) is 6. The van der Waals surface area contributed by atoms with E-state index in [0.717, 1.165) is 11.3 Å². The number of pyridine rings is 1. The summed E-state index contributed by atoms with van der Waals surface area (Å²) in [5.41, 5.74) is 8.28. The van der Waals surface area contributed by atoms with Crippen LogP contribution in [0.15, 0.2) is 61.2 Å². The van der Waals surface area contributed by atoms with Gasteiger partial charge in [-0.3, -0.25) is 9.78 Å². The molecule has 170 valence electrons. The number of amides is 1. The van der Waals surface area contributed by atoms with Crippen LogP contribution in [0.3, 0.4) is 0 Å². The number of aryl methyl sites for hydroxylation is 1. The van der Waals surface area contributed by atoms with Gasteiger partial charge in [-0.1, -0.05) is 6.07 Å². The molecular weight excluding hydrogens is 430 g/mol. The zero-order valence-corrected chi connectivity index (χ0v) is 18.9. The lowest BCUT2D eigenvalue weighted by molar-refractivity contribution is 0.102. The van der Waals surface area contributed by atoms with Crippen LogP contribution in [0.25, 0.3) is 5.82 Å². The summed E-state index contributed by atoms with van der Waals surface area (Å²) in [7, 11) is 0. The van der Waals surface area contributed by atoms with Crippen molar-refractivity contribution in [2.24, 2.45) is 0 Å². The number of hydrogen-bond donors (Lipinski definition) is 3. The summed E-state index contributed by atoms with van der Waals surface area (Å²) < 4.78 is 1.61. The SMILES string of the molecule is Cc1ccc(NC(=O)c2ccnc(C(C)(C)C#N)c2)cc1Nc1ccnn1-c1cc(N)ncn1. The molecule has 0 aliphatic carbocycles. The molecule has 0 unspecified atom stereocenters. The summed E-state index contributed by atoms with van der Waals surface area (Å²) in [6.45, 7) is 5.47. The summed E-state index contributed by atoms with van der Waals surface area (Å²) in [4.78, 5) is 25.2. The maximum Gasteiger partial charge on any atom is 0.255 e. The average molecular weight is 454 g/mol. The summed E-state index contributed by atoms with van der Waals surface area (Å²) in [6.07, 6.45) is 4.55. The minimum atomic E-state index is -0.797. The van der Waals surface area contributed by atoms with Gasteiger partial charge in [0, 0.05) is 35.3 Å². The highest BCUT2D eigenvalue weighted by atomic mass is 16.1. The monoisotopic (exact) mass is 453 g/mol. The summed E-state index contributed by atoms with van der Waals surface area (Å²) in [6, 6.07) is 14.4. The van der Waals surface area contributed by atoms with Crippen LogP contribution in [0.5, 0.6) is 0 Å². The van der Waals surface area contributed by atoms with E-state index in [-0.39, 0.29) is 5.91 Å². The van der Waals surface area contributed by atoms with Gasteiger partial charge in [0.25, 0.3) is 5.91 Å². The Hall–Kier alpha value is -4.78. The van der Waals surface area contributed by atoms with Crippen LogP contribution >= 0.6 is 0 Å². The Kier molecular flexibility index (Phi) is 5.93. The molecule has 0 fully saturated rings. The molecule has 10 heteroatoms. The lowest BCUT2D eigenvalue weighted by atomic mass is 9.90. The highest BCUT2D eigenvalue weighted by Gasteiger charge is 2.22. The molecule has 1 aromatic carbocycles. The van der Waals surface area contributed by atoms with Crippen LogP contribution in [-0.4, -0.2) is 30.6 Å². The maximum absolute atomic E-state index is 12.9. The van der Waals surface area contributed by atoms with E-state index in [1.165, 1.54) is 12.5 Å². The van der Waals surface area contributed by atoms with E-state index in [4.69, 9.17) is 5.73 Å². The van der Waals surface area contributed by atoms with E-state index >= 15 is 0 Å². The molecule has 1 amide bonds. The molecule has 0 radical (unpaired) electrons. The summed E-state index contributed by atoms with van der Waals surface area (Å²) in [5, 5.41) is 19.9. The van der Waals surface area contributed by atoms with Gasteiger partial charge in [0.05, 0.1) is 23.4 Å². The predicted octanol–water partition coefficient (Wildman–Crippen LogP) is 3.75. The second kappa shape index (κ2) is 8.99. The molecular formula is C24H23N9O. The Morgan fingerprint density at radius 1 is 1.09 bits per heavy atom. The average Bonchev–Trinajstić information content (AvgIpc) is 3.29. The van der Waals surface area contributed by atoms with Crippen molar-refractivity contribution in [3.8, 4) is 11.9 Å². The van der Waals surface area contributed by atoms with Gasteiger partial charge < -0.3 is 16.4 Å². The van der Waals surface area contributed by atoms with Crippen LogP contribution in [0.4, 0.5) is 23.0 Å². The fraction of sp³-hybridized carbons (Fsp3) is 0.167. The Morgan fingerprint density at radius 3 is 2.68 bits per heavy atom. The first-order chi connectivity index (χ1) is 16.3. The van der Waals surface area contributed by atoms with Gasteiger partial charge in [-0.25, -0.2) is 9.97 Å². The zero-order chi connectivity index (χ0) is 24.3. The molecule has 3 aromatic heterocycles. The smallest absolute Gasteiger partial charge is 0.255 e. The molecule has 10 nitrogen and oxygen atoms in total. The Labute approximate surface area is 196 Å². The zero-order valence-electron chi connectivity index (χ0n) is 18.9. The number of carbonyl (C=O) groups excluding carboxylic acids is 1. The molecule has 0 spiro atoms. The molecule has 0 aliphatic heterocycles. The van der Waals surface area contributed by atoms with E-state index < -0.39 is 5.41 Å². The van der Waals surface area contributed by atoms with Gasteiger partial charge in [-0.05, 0) is 50.6 Å². The van der Waals surface area contributed by atoms with Crippen molar-refractivity contribution in [2.45, 2.75) is 26.2 Å². The molecule has 3 heterocycles. The van der Waals surface area contributed by atoms with Crippen molar-refractivity contribution < 1.29 is 4.79 Å². The molecule has 0 saturated heterocycles. The molecule has 4 N–H and O–H groups in total. The van der Waals surface area contributed by atoms with Crippen LogP contribution < -0.4 is 16.4 Å². The quantitative estimate of drug-likeness (QED) is 0.400. The number of anilines is 4. The molecule has 4 aromatic rings. The third-order valence-electron chi connectivity index (χ3n) is 5.23. The standard InChI is InChI=1S/C24H23N9O/c1-15-4-5-17(31-23(34)16-6-8-27-19(10-16)24(2,3)13-25)11-18(15)32-21-7-9-30-33(21)22-12-20(26)28-14-29-22/h4-12,14,32H,1-3H3,(H,31,34)(H2,26,28,29). The number of nitrogens with two attached hydrogens (primary N) is 1. The summed E-state index contributed by atoms with van der Waals surface area (Å²) >= 11 is 0. The van der Waals surface area contributed by atoms with Gasteiger partial charge >= 0.3 is 0 Å². The number of aromatic nitrogens is 5. The van der Waals surface area contributed by atoms with Crippen LogP contribution in [0, 0.1) is 18.3 Å². The fourth-order valence-corrected chi connectivity index (χ4v) is 3.20. The second-order valence-corrected chi connectivity index (χ2v) is 8.20. The first-order valence-corrected chi connectivity index (χ1v) is 10.5. The normalized spacial score (nSPS) is 11.0. The van der Waals surface area contributed by atoms with E-state index in [1.807, 2.05) is 25.1 Å². The molecule has 0 aliphatic rings. The number of benzene rings is 1. The lowest BCUT2D eigenvalue weighted by Gasteiger charge is -2.16. The Morgan fingerprint density at radius 2 is 1.91 bits per heavy atom. The lowest BCUT2D eigenvalue weighted by Crippen LogP contribution is -2.18. The van der Waals surface area contributed by atoms with Crippen LogP contribution in [0.2, 0.25) is 0 Å². The minimum Gasteiger partial charge on any atom is -0.384 e. The van der Waals surface area contributed by atoms with E-state index in [1.54, 1.807) is 49.0 Å². The molecule has 4 rings (SSSR count). The first kappa shape index (κ1) is 22.4. The van der Waals surface area contributed by atoms with Gasteiger partial charge in [0.15, 0.2) is 5.82 Å². The minimum absolute atomic E-state index is 0.298. The van der Waals surface area contributed by atoms with E-state index in [2.05, 4.69) is 36.8 Å². The largest absolute Gasteiger partial charge is 0.384 e. The van der Waals surface area contributed by atoms with Crippen molar-refractivity contribution in [3.63, 3.8) is 0 Å². The van der Waals surface area contributed by atoms with Crippen molar-refractivity contribution in [1.29, 1.82) is 5.26 Å². The van der Waals surface area contributed by atoms with Gasteiger partial charge in [-0.15, -0.1) is 0 Å². The van der Waals surface area contributed by atoms with Crippen molar-refractivity contribution in [1.82, 2.24) is 24.7 Å².